The van der Waals surface area contributed by atoms with E-state index < -0.39 is 0 Å². The van der Waals surface area contributed by atoms with Crippen LogP contribution in [0, 0.1) is 26.0 Å². The van der Waals surface area contributed by atoms with Crippen LogP contribution in [0.3, 0.4) is 0 Å². The van der Waals surface area contributed by atoms with Gasteiger partial charge < -0.3 is 14.0 Å². The van der Waals surface area contributed by atoms with E-state index in [9.17, 15) is 0 Å². The molecule has 178 valence electrons. The summed E-state index contributed by atoms with van der Waals surface area (Å²) >= 11 is 0. The van der Waals surface area contributed by atoms with Crippen molar-refractivity contribution in [3.63, 3.8) is 0 Å². The van der Waals surface area contributed by atoms with Crippen LogP contribution >= 0.6 is 0 Å². The fourth-order valence-corrected chi connectivity index (χ4v) is 3.08. The molecule has 0 aliphatic rings. The smallest absolute Gasteiger partial charge is 0.503 e. The second-order valence-corrected chi connectivity index (χ2v) is 6.91. The van der Waals surface area contributed by atoms with E-state index >= 15 is 0 Å². The molecule has 0 amide bonds. The van der Waals surface area contributed by atoms with Crippen molar-refractivity contribution in [3.8, 4) is 28.6 Å². The molecule has 4 rings (SSSR count). The van der Waals surface area contributed by atoms with Crippen molar-refractivity contribution in [2.45, 2.75) is 35.1 Å². The standard InChI is InChI=1S/C21H18N4O.C4H10O.CH4.Pt/c1-15-12-16(2)25(23-15)18-7-5-9-20(14-18)26-19-8-4-6-17(13-19)21-22-10-11-24(21)3;1-3-5-4-2;;/h4-12H,1-3H3;3-4H2,1-2H3;1H4;/q-2;;;+2. The number of aryl methyl sites for hydroxylation is 3. The minimum Gasteiger partial charge on any atom is -0.503 e. The van der Waals surface area contributed by atoms with Gasteiger partial charge in [-0.3, -0.25) is 9.67 Å². The van der Waals surface area contributed by atoms with Gasteiger partial charge in [0.05, 0.1) is 11.5 Å². The molecule has 2 aromatic carbocycles. The van der Waals surface area contributed by atoms with Crippen molar-refractivity contribution in [3.05, 3.63) is 78.4 Å². The van der Waals surface area contributed by atoms with Crippen LogP contribution in [0.4, 0.5) is 0 Å². The van der Waals surface area contributed by atoms with E-state index in [-0.39, 0.29) is 28.5 Å². The Balaban J connectivity index is 0.000000707. The first-order chi connectivity index (χ1) is 15.0. The Bertz CT molecular complexity index is 1120. The van der Waals surface area contributed by atoms with Crippen LogP contribution < -0.4 is 4.74 Å². The van der Waals surface area contributed by atoms with Crippen LogP contribution in [0.2, 0.25) is 0 Å². The first-order valence-electron chi connectivity index (χ1n) is 10.3. The molecule has 0 saturated carbocycles. The summed E-state index contributed by atoms with van der Waals surface area (Å²) in [4.78, 5) is 4.36. The second kappa shape index (κ2) is 13.8. The van der Waals surface area contributed by atoms with Gasteiger partial charge in [-0.25, -0.2) is 0 Å². The summed E-state index contributed by atoms with van der Waals surface area (Å²) in [5.74, 6) is 2.08. The molecule has 0 spiro atoms. The average molecular weight is 628 g/mol. The molecule has 6 nitrogen and oxygen atoms in total. The summed E-state index contributed by atoms with van der Waals surface area (Å²) < 4.78 is 14.6. The van der Waals surface area contributed by atoms with Crippen LogP contribution in [0.5, 0.6) is 11.5 Å². The van der Waals surface area contributed by atoms with E-state index in [0.29, 0.717) is 11.5 Å². The summed E-state index contributed by atoms with van der Waals surface area (Å²) in [7, 11) is 1.95. The van der Waals surface area contributed by atoms with Gasteiger partial charge in [-0.15, -0.1) is 42.0 Å². The fraction of sp³-hybridized carbons (Fsp3) is 0.308. The van der Waals surface area contributed by atoms with E-state index in [0.717, 1.165) is 41.7 Å². The third-order valence-electron chi connectivity index (χ3n) is 4.45. The molecule has 0 aliphatic carbocycles. The normalized spacial score (nSPS) is 9.85. The Morgan fingerprint density at radius 3 is 2.18 bits per heavy atom. The second-order valence-electron chi connectivity index (χ2n) is 6.91. The number of hydrogen-bond donors (Lipinski definition) is 0. The number of hydrogen-bond acceptors (Lipinski definition) is 4. The molecule has 7 heteroatoms. The maximum absolute atomic E-state index is 5.98. The Kier molecular flexibility index (Phi) is 11.8. The van der Waals surface area contributed by atoms with Gasteiger partial charge in [0.25, 0.3) is 0 Å². The molecular weight excluding hydrogens is 595 g/mol. The topological polar surface area (TPSA) is 54.1 Å². The van der Waals surface area contributed by atoms with E-state index in [2.05, 4.69) is 22.2 Å². The molecule has 0 atom stereocenters. The zero-order valence-corrected chi connectivity index (χ0v) is 21.3. The fourth-order valence-electron chi connectivity index (χ4n) is 3.08. The summed E-state index contributed by atoms with van der Waals surface area (Å²) in [6.45, 7) is 9.66. The van der Waals surface area contributed by atoms with Gasteiger partial charge in [-0.05, 0) is 39.4 Å². The molecule has 0 fully saturated rings. The number of rotatable bonds is 6. The van der Waals surface area contributed by atoms with Crippen molar-refractivity contribution in [2.75, 3.05) is 13.2 Å². The molecule has 2 aromatic heterocycles. The molecule has 0 bridgehead atoms. The Morgan fingerprint density at radius 1 is 0.970 bits per heavy atom. The summed E-state index contributed by atoms with van der Waals surface area (Å²) in [6, 6.07) is 20.1. The molecule has 0 aliphatic heterocycles. The Hall–Kier alpha value is -2.69. The van der Waals surface area contributed by atoms with Gasteiger partial charge in [-0.1, -0.05) is 13.5 Å². The molecule has 0 unspecified atom stereocenters. The van der Waals surface area contributed by atoms with E-state index in [4.69, 9.17) is 9.47 Å². The molecular formula is C26H32N4O2Pt. The van der Waals surface area contributed by atoms with E-state index in [1.165, 1.54) is 0 Å². The van der Waals surface area contributed by atoms with Gasteiger partial charge in [-0.2, -0.15) is 11.2 Å². The first-order valence-corrected chi connectivity index (χ1v) is 10.3. The third-order valence-corrected chi connectivity index (χ3v) is 4.45. The van der Waals surface area contributed by atoms with Crippen LogP contribution in [0.15, 0.2) is 54.9 Å². The third kappa shape index (κ3) is 7.69. The summed E-state index contributed by atoms with van der Waals surface area (Å²) in [5, 5.41) is 4.50. The van der Waals surface area contributed by atoms with Crippen molar-refractivity contribution >= 4 is 0 Å². The van der Waals surface area contributed by atoms with Crippen molar-refractivity contribution in [1.82, 2.24) is 19.3 Å². The molecule has 2 heterocycles. The molecule has 0 radical (unpaired) electrons. The Morgan fingerprint density at radius 2 is 1.64 bits per heavy atom. The summed E-state index contributed by atoms with van der Waals surface area (Å²) in [6.07, 6.45) is 3.67. The van der Waals surface area contributed by atoms with Gasteiger partial charge in [0.2, 0.25) is 0 Å². The van der Waals surface area contributed by atoms with Crippen LogP contribution in [-0.2, 0) is 32.8 Å². The molecule has 4 aromatic rings. The van der Waals surface area contributed by atoms with Gasteiger partial charge in [0.15, 0.2) is 0 Å². The number of aromatic nitrogens is 4. The molecule has 0 N–H and O–H groups in total. The largest absolute Gasteiger partial charge is 2.00 e. The van der Waals surface area contributed by atoms with E-state index in [1.807, 2.05) is 92.7 Å². The minimum atomic E-state index is 0. The van der Waals surface area contributed by atoms with Crippen LogP contribution in [0.1, 0.15) is 32.7 Å². The van der Waals surface area contributed by atoms with Crippen LogP contribution in [-0.4, -0.2) is 32.5 Å². The molecule has 0 saturated heterocycles. The SMILES string of the molecule is C.CCOCC.Cc1cc(C)n(-c2[c-]c(Oc3[c-]c(-c4nccn4C)ccc3)ccc2)n1.[Pt+2]. The number of benzene rings is 2. The monoisotopic (exact) mass is 627 g/mol. The number of ether oxygens (including phenoxy) is 2. The first kappa shape index (κ1) is 28.3. The average Bonchev–Trinajstić information content (AvgIpc) is 3.34. The maximum Gasteiger partial charge on any atom is 2.00 e. The predicted octanol–water partition coefficient (Wildman–Crippen LogP) is 5.96. The quantitative estimate of drug-likeness (QED) is 0.248. The minimum absolute atomic E-state index is 0. The Labute approximate surface area is 211 Å². The van der Waals surface area contributed by atoms with Gasteiger partial charge in [0.1, 0.15) is 0 Å². The van der Waals surface area contributed by atoms with Crippen molar-refractivity contribution < 1.29 is 30.5 Å². The van der Waals surface area contributed by atoms with Crippen LogP contribution in [0.25, 0.3) is 17.1 Å². The number of imidazole rings is 1. The van der Waals surface area contributed by atoms with Gasteiger partial charge in [0, 0.05) is 49.8 Å². The van der Waals surface area contributed by atoms with Gasteiger partial charge >= 0.3 is 21.1 Å². The summed E-state index contributed by atoms with van der Waals surface area (Å²) in [5.41, 5.74) is 3.75. The maximum atomic E-state index is 5.98. The van der Waals surface area contributed by atoms with Crippen molar-refractivity contribution in [1.29, 1.82) is 0 Å². The zero-order valence-electron chi connectivity index (χ0n) is 19.0. The van der Waals surface area contributed by atoms with Crippen molar-refractivity contribution in [2.24, 2.45) is 7.05 Å². The zero-order chi connectivity index (χ0) is 22.2. The number of nitrogens with zero attached hydrogens (tertiary/aromatic N) is 4. The predicted molar refractivity (Wildman–Crippen MR) is 128 cm³/mol. The molecule has 33 heavy (non-hydrogen) atoms. The van der Waals surface area contributed by atoms with E-state index in [1.54, 1.807) is 6.20 Å².